The second kappa shape index (κ2) is 38.5. The maximum Gasteiger partial charge on any atom is 0.204 e. The van der Waals surface area contributed by atoms with E-state index in [1.807, 2.05) is 0 Å². The molecule has 6 bridgehead atoms. The van der Waals surface area contributed by atoms with Gasteiger partial charge in [-0.25, -0.2) is 0 Å². The Morgan fingerprint density at radius 1 is 0.196 bits per heavy atom. The zero-order valence-corrected chi connectivity index (χ0v) is 60.4. The van der Waals surface area contributed by atoms with Gasteiger partial charge in [0.05, 0.1) is 46.2 Å². The molecule has 7 heteroatoms. The van der Waals surface area contributed by atoms with Crippen LogP contribution in [0.1, 0.15) is 228 Å². The number of benzene rings is 9. The van der Waals surface area contributed by atoms with Gasteiger partial charge in [0.25, 0.3) is 0 Å². The van der Waals surface area contributed by atoms with Crippen molar-refractivity contribution in [3.8, 4) is 40.2 Å². The molecule has 0 aliphatic carbocycles. The summed E-state index contributed by atoms with van der Waals surface area (Å²) in [5, 5.41) is 20.2. The van der Waals surface area contributed by atoms with Crippen molar-refractivity contribution < 1.29 is 33.2 Å². The minimum Gasteiger partial charge on any atom is -0.494 e. The van der Waals surface area contributed by atoms with Crippen molar-refractivity contribution in [2.45, 2.75) is 228 Å². The Hall–Kier alpha value is -7.64. The molecule has 0 saturated heterocycles. The van der Waals surface area contributed by atoms with Gasteiger partial charge in [-0.15, -0.1) is 0 Å². The number of hydrogen-bond acceptors (Lipinski definition) is 7. The number of hydrogen-bond donors (Lipinski definition) is 0. The van der Waals surface area contributed by atoms with E-state index < -0.39 is 0 Å². The second-order valence-electron chi connectivity index (χ2n) is 27.3. The van der Waals surface area contributed by atoms with E-state index in [0.717, 1.165) is 219 Å². The van der Waals surface area contributed by atoms with Gasteiger partial charge in [-0.1, -0.05) is 262 Å². The van der Waals surface area contributed by atoms with Gasteiger partial charge in [-0.2, -0.15) is 0 Å². The molecule has 0 spiro atoms. The van der Waals surface area contributed by atoms with E-state index in [0.29, 0.717) is 39.6 Å². The summed E-state index contributed by atoms with van der Waals surface area (Å²) in [6.07, 6.45) is 31.3. The van der Waals surface area contributed by atoms with E-state index in [1.165, 1.54) is 105 Å². The zero-order chi connectivity index (χ0) is 67.4. The molecular formula is C90H114O7. The third-order valence-corrected chi connectivity index (χ3v) is 19.4. The average Bonchev–Trinajstić information content (AvgIpc) is 0.793. The Balaban J connectivity index is 1.28. The van der Waals surface area contributed by atoms with Gasteiger partial charge in [0, 0.05) is 10.8 Å². The SMILES string of the molecule is CCCCCCOc1ccc2cc3ccc4ccc5c(c4)c(ccc4cc6cc(OCCCCCC)c(OCCCCCC)c(OCCCCCC)c6c6ccc(ccc7ccc(c2c1)c3c7)cc46)cc1cc(OCCCCCC)c(OCCCCCC)c(OCCCCCC)c15. The molecule has 0 atom stereocenters. The van der Waals surface area contributed by atoms with Gasteiger partial charge < -0.3 is 33.2 Å². The summed E-state index contributed by atoms with van der Waals surface area (Å²) < 4.78 is 48.5. The van der Waals surface area contributed by atoms with E-state index in [-0.39, 0.29) is 0 Å². The molecule has 0 aliphatic rings. The molecule has 10 aromatic carbocycles. The van der Waals surface area contributed by atoms with E-state index in [1.54, 1.807) is 0 Å². The highest BCUT2D eigenvalue weighted by molar-refractivity contribution is 6.22. The molecule has 10 aromatic rings. The molecule has 0 aromatic heterocycles. The highest BCUT2D eigenvalue weighted by Gasteiger charge is 2.24. The number of unbranched alkanes of at least 4 members (excludes halogenated alkanes) is 21. The van der Waals surface area contributed by atoms with Crippen LogP contribution < -0.4 is 33.2 Å². The topological polar surface area (TPSA) is 64.6 Å². The van der Waals surface area contributed by atoms with Crippen molar-refractivity contribution in [2.24, 2.45) is 0 Å². The van der Waals surface area contributed by atoms with Crippen LogP contribution in [0.15, 0.2) is 140 Å². The quantitative estimate of drug-likeness (QED) is 0.0279. The molecule has 0 amide bonds. The third kappa shape index (κ3) is 19.4. The van der Waals surface area contributed by atoms with Gasteiger partial charge in [-0.05, 0) is 192 Å². The van der Waals surface area contributed by atoms with Crippen LogP contribution in [0.5, 0.6) is 40.2 Å². The van der Waals surface area contributed by atoms with Crippen LogP contribution in [-0.4, -0.2) is 46.2 Å². The molecule has 0 fully saturated rings. The minimum absolute atomic E-state index is 0.593. The number of ether oxygens (including phenoxy) is 7. The summed E-state index contributed by atoms with van der Waals surface area (Å²) in [5.41, 5.74) is 0. The monoisotopic (exact) mass is 1310 g/mol. The average molecular weight is 1310 g/mol. The lowest BCUT2D eigenvalue weighted by Gasteiger charge is -2.21. The van der Waals surface area contributed by atoms with Crippen molar-refractivity contribution in [3.05, 3.63) is 140 Å². The molecule has 516 valence electrons. The molecule has 0 saturated carbocycles. The fraction of sp³-hybridized carbons (Fsp3) is 0.467. The van der Waals surface area contributed by atoms with E-state index in [4.69, 9.17) is 33.2 Å². The first-order valence-electron chi connectivity index (χ1n) is 38.5. The summed E-state index contributed by atoms with van der Waals surface area (Å²) in [4.78, 5) is 0. The molecule has 0 unspecified atom stereocenters. The minimum atomic E-state index is 0.593. The fourth-order valence-corrected chi connectivity index (χ4v) is 13.8. The predicted octanol–water partition coefficient (Wildman–Crippen LogP) is 27.5. The van der Waals surface area contributed by atoms with E-state index in [9.17, 15) is 0 Å². The smallest absolute Gasteiger partial charge is 0.204 e. The van der Waals surface area contributed by atoms with Gasteiger partial charge >= 0.3 is 0 Å². The zero-order valence-electron chi connectivity index (χ0n) is 60.4. The summed E-state index contributed by atoms with van der Waals surface area (Å²) >= 11 is 0. The maximum absolute atomic E-state index is 7.17. The summed E-state index contributed by atoms with van der Waals surface area (Å²) in [7, 11) is 0. The first-order chi connectivity index (χ1) is 47.9. The van der Waals surface area contributed by atoms with Crippen molar-refractivity contribution in [3.63, 3.8) is 0 Å². The largest absolute Gasteiger partial charge is 0.494 e. The standard InChI is InChI=1S/C90H114O7/c1-8-15-22-29-50-91-75-46-45-72-60-69-42-38-68-41-49-78-81(59-68)71(62-74-64-84(93-52-31-24-17-10-3)88(95-54-33-26-19-12-5)90(86(74)78)97-56-35-28-21-14-7)44-43-70-61-73-63-83(92-51-30-23-16-9-2)87(94-53-32-25-18-11-4)89(96-55-34-27-20-13-6)85(73)77-48-40-67(58-80(70)77)37-36-66-39-47-76(79(69)57-66)82(72)65-75/h36-49,57-65H,8-35,50-56H2,1-7H3. The predicted molar refractivity (Wildman–Crippen MR) is 418 cm³/mol. The van der Waals surface area contributed by atoms with Crippen LogP contribution in [0.4, 0.5) is 0 Å². The van der Waals surface area contributed by atoms with Crippen LogP contribution in [0, 0.1) is 0 Å². The Morgan fingerprint density at radius 3 is 0.856 bits per heavy atom. The van der Waals surface area contributed by atoms with Crippen molar-refractivity contribution >= 4 is 97.0 Å². The molecule has 0 radical (unpaired) electrons. The second-order valence-corrected chi connectivity index (χ2v) is 27.3. The normalized spacial score (nSPS) is 11.7. The maximum atomic E-state index is 7.17. The first kappa shape index (κ1) is 72.1. The summed E-state index contributed by atoms with van der Waals surface area (Å²) in [6.45, 7) is 20.2. The van der Waals surface area contributed by atoms with Crippen LogP contribution >= 0.6 is 0 Å². The third-order valence-electron chi connectivity index (χ3n) is 19.4. The molecule has 0 N–H and O–H groups in total. The van der Waals surface area contributed by atoms with Gasteiger partial charge in [0.1, 0.15) is 5.75 Å². The van der Waals surface area contributed by atoms with Gasteiger partial charge in [-0.3, -0.25) is 0 Å². The molecule has 97 heavy (non-hydrogen) atoms. The van der Waals surface area contributed by atoms with Crippen molar-refractivity contribution in [1.29, 1.82) is 0 Å². The molecular weight excluding hydrogens is 1190 g/mol. The highest BCUT2D eigenvalue weighted by Crippen LogP contribution is 2.50. The van der Waals surface area contributed by atoms with Crippen LogP contribution in [0.3, 0.4) is 0 Å². The number of rotatable bonds is 42. The molecule has 0 heterocycles. The van der Waals surface area contributed by atoms with Crippen LogP contribution in [0.25, 0.3) is 97.0 Å². The molecule has 7 nitrogen and oxygen atoms in total. The van der Waals surface area contributed by atoms with E-state index in [2.05, 4.69) is 188 Å². The molecule has 10 rings (SSSR count). The Bertz CT molecular complexity index is 4260. The Labute approximate surface area is 581 Å². The number of fused-ring (bicyclic) bond motifs is 9. The summed E-state index contributed by atoms with van der Waals surface area (Å²) in [5.74, 6) is 5.46. The Kier molecular flexibility index (Phi) is 28.6. The van der Waals surface area contributed by atoms with Crippen molar-refractivity contribution in [1.82, 2.24) is 0 Å². The van der Waals surface area contributed by atoms with Crippen LogP contribution in [0.2, 0.25) is 0 Å². The molecule has 0 aliphatic heterocycles. The summed E-state index contributed by atoms with van der Waals surface area (Å²) in [6, 6.07) is 53.0. The lowest BCUT2D eigenvalue weighted by Crippen LogP contribution is -2.07. The Morgan fingerprint density at radius 2 is 0.474 bits per heavy atom. The van der Waals surface area contributed by atoms with Gasteiger partial charge in [0.2, 0.25) is 11.5 Å². The highest BCUT2D eigenvalue weighted by atomic mass is 16.5. The van der Waals surface area contributed by atoms with E-state index >= 15 is 0 Å². The van der Waals surface area contributed by atoms with Crippen molar-refractivity contribution in [2.75, 3.05) is 46.2 Å². The van der Waals surface area contributed by atoms with Gasteiger partial charge in [0.15, 0.2) is 23.0 Å². The lowest BCUT2D eigenvalue weighted by molar-refractivity contribution is 0.236. The fourth-order valence-electron chi connectivity index (χ4n) is 13.8. The first-order valence-corrected chi connectivity index (χ1v) is 38.5. The lowest BCUT2D eigenvalue weighted by atomic mass is 9.95. The van der Waals surface area contributed by atoms with Crippen LogP contribution in [-0.2, 0) is 0 Å².